The molecular weight excluding hydrogens is 406 g/mol. The van der Waals surface area contributed by atoms with Gasteiger partial charge in [0.2, 0.25) is 5.95 Å². The lowest BCUT2D eigenvalue weighted by Gasteiger charge is -2.33. The molecule has 0 radical (unpaired) electrons. The molecule has 2 aromatic heterocycles. The molecule has 0 saturated carbocycles. The van der Waals surface area contributed by atoms with Gasteiger partial charge in [-0.2, -0.15) is 36.5 Å². The average Bonchev–Trinajstić information content (AvgIpc) is 3.20. The van der Waals surface area contributed by atoms with E-state index >= 15 is 0 Å². The van der Waals surface area contributed by atoms with Crippen LogP contribution in [0.25, 0.3) is 11.5 Å². The van der Waals surface area contributed by atoms with E-state index in [2.05, 4.69) is 15.1 Å². The van der Waals surface area contributed by atoms with E-state index in [-0.39, 0.29) is 16.5 Å². The summed E-state index contributed by atoms with van der Waals surface area (Å²) in [4.78, 5) is 6.95. The van der Waals surface area contributed by atoms with Crippen LogP contribution in [0.2, 0.25) is 0 Å². The Balaban J connectivity index is 2.23. The van der Waals surface area contributed by atoms with E-state index in [9.17, 15) is 31.4 Å². The molecule has 1 atom stereocenters. The van der Waals surface area contributed by atoms with Crippen LogP contribution in [0.15, 0.2) is 34.0 Å². The highest BCUT2D eigenvalue weighted by Crippen LogP contribution is 2.45. The monoisotopic (exact) mass is 422 g/mol. The van der Waals surface area contributed by atoms with Crippen molar-refractivity contribution < 1.29 is 35.9 Å². The van der Waals surface area contributed by atoms with Gasteiger partial charge in [0.1, 0.15) is 5.69 Å². The molecule has 0 aliphatic carbocycles. The van der Waals surface area contributed by atoms with Crippen LogP contribution in [-0.2, 0) is 6.18 Å². The predicted molar refractivity (Wildman–Crippen MR) is 89.7 cm³/mol. The number of aromatic nitrogens is 2. The van der Waals surface area contributed by atoms with E-state index in [0.29, 0.717) is 6.07 Å². The van der Waals surface area contributed by atoms with E-state index in [4.69, 9.17) is 4.42 Å². The standard InChI is InChI=1S/C17H16F6N4O2/c1-14(2,3)12-8-15(28,17(21,22)23)27(26-12)13-24-9(10-5-4-6-29-10)7-11(25-13)16(18,19)20/h4-7,28H,8H2,1-3H3/t15-/m0/s1. The number of alkyl halides is 6. The van der Waals surface area contributed by atoms with Crippen LogP contribution in [0.4, 0.5) is 32.3 Å². The van der Waals surface area contributed by atoms with Crippen LogP contribution in [0, 0.1) is 5.41 Å². The summed E-state index contributed by atoms with van der Waals surface area (Å²) < 4.78 is 86.0. The zero-order valence-electron chi connectivity index (χ0n) is 15.4. The third-order valence-corrected chi connectivity index (χ3v) is 4.27. The maximum absolute atomic E-state index is 13.7. The maximum Gasteiger partial charge on any atom is 0.438 e. The largest absolute Gasteiger partial charge is 0.463 e. The summed E-state index contributed by atoms with van der Waals surface area (Å²) in [5.41, 5.74) is -6.47. The fourth-order valence-corrected chi connectivity index (χ4v) is 2.62. The zero-order chi connectivity index (χ0) is 21.8. The van der Waals surface area contributed by atoms with Gasteiger partial charge in [0.15, 0.2) is 11.5 Å². The fraction of sp³-hybridized carbons (Fsp3) is 0.471. The topological polar surface area (TPSA) is 74.8 Å². The Morgan fingerprint density at radius 1 is 1.10 bits per heavy atom. The third kappa shape index (κ3) is 3.80. The molecule has 0 unspecified atom stereocenters. The van der Waals surface area contributed by atoms with Gasteiger partial charge in [0.25, 0.3) is 5.72 Å². The van der Waals surface area contributed by atoms with Crippen LogP contribution < -0.4 is 5.01 Å². The maximum atomic E-state index is 13.7. The van der Waals surface area contributed by atoms with Crippen molar-refractivity contribution in [2.24, 2.45) is 10.5 Å². The van der Waals surface area contributed by atoms with Gasteiger partial charge in [-0.05, 0) is 18.2 Å². The molecule has 0 aromatic carbocycles. The van der Waals surface area contributed by atoms with E-state index in [1.54, 1.807) is 20.8 Å². The summed E-state index contributed by atoms with van der Waals surface area (Å²) in [6.07, 6.45) is -10.0. The van der Waals surface area contributed by atoms with Crippen molar-refractivity contribution in [1.82, 2.24) is 9.97 Å². The van der Waals surface area contributed by atoms with E-state index in [0.717, 1.165) is 0 Å². The molecule has 6 nitrogen and oxygen atoms in total. The van der Waals surface area contributed by atoms with Gasteiger partial charge in [-0.3, -0.25) is 0 Å². The zero-order valence-corrected chi connectivity index (χ0v) is 15.4. The van der Waals surface area contributed by atoms with Gasteiger partial charge in [-0.25, -0.2) is 9.97 Å². The Kier molecular flexibility index (Phi) is 4.68. The number of hydrogen-bond donors (Lipinski definition) is 1. The number of hydrogen-bond acceptors (Lipinski definition) is 6. The number of nitrogens with zero attached hydrogens (tertiary/aromatic N) is 4. The fourth-order valence-electron chi connectivity index (χ4n) is 2.62. The molecule has 0 amide bonds. The van der Waals surface area contributed by atoms with Crippen LogP contribution in [0.1, 0.15) is 32.9 Å². The molecule has 0 fully saturated rings. The normalized spacial score (nSPS) is 20.9. The molecule has 0 spiro atoms. The number of halogens is 6. The van der Waals surface area contributed by atoms with Gasteiger partial charge in [0, 0.05) is 17.5 Å². The van der Waals surface area contributed by atoms with Crippen molar-refractivity contribution in [3.8, 4) is 11.5 Å². The second kappa shape index (κ2) is 6.44. The first kappa shape index (κ1) is 21.1. The Morgan fingerprint density at radius 3 is 2.24 bits per heavy atom. The molecule has 3 heterocycles. The van der Waals surface area contributed by atoms with Crippen molar-refractivity contribution in [2.45, 2.75) is 45.3 Å². The summed E-state index contributed by atoms with van der Waals surface area (Å²) in [5, 5.41) is 14.1. The highest BCUT2D eigenvalue weighted by atomic mass is 19.4. The molecule has 12 heteroatoms. The molecule has 158 valence electrons. The van der Waals surface area contributed by atoms with Gasteiger partial charge in [-0.15, -0.1) is 0 Å². The highest BCUT2D eigenvalue weighted by molar-refractivity contribution is 5.93. The highest BCUT2D eigenvalue weighted by Gasteiger charge is 2.63. The Bertz CT molecular complexity index is 931. The lowest BCUT2D eigenvalue weighted by Crippen LogP contribution is -2.55. The summed E-state index contributed by atoms with van der Waals surface area (Å²) in [5.74, 6) is -1.17. The Hall–Kier alpha value is -2.63. The quantitative estimate of drug-likeness (QED) is 0.715. The summed E-state index contributed by atoms with van der Waals surface area (Å²) in [7, 11) is 0. The van der Waals surface area contributed by atoms with E-state index in [1.807, 2.05) is 0 Å². The first-order valence-electron chi connectivity index (χ1n) is 8.30. The van der Waals surface area contributed by atoms with Crippen molar-refractivity contribution in [1.29, 1.82) is 0 Å². The van der Waals surface area contributed by atoms with Crippen molar-refractivity contribution in [3.05, 3.63) is 30.2 Å². The second-order valence-electron chi connectivity index (χ2n) is 7.51. The summed E-state index contributed by atoms with van der Waals surface area (Å²) in [6.45, 7) is 4.69. The molecular formula is C17H16F6N4O2. The van der Waals surface area contributed by atoms with Crippen LogP contribution in [0.3, 0.4) is 0 Å². The smallest absolute Gasteiger partial charge is 0.438 e. The Morgan fingerprint density at radius 2 is 1.76 bits per heavy atom. The van der Waals surface area contributed by atoms with Crippen LogP contribution >= 0.6 is 0 Å². The van der Waals surface area contributed by atoms with Crippen molar-refractivity contribution in [3.63, 3.8) is 0 Å². The number of rotatable bonds is 2. The van der Waals surface area contributed by atoms with Crippen LogP contribution in [-0.4, -0.2) is 32.7 Å². The first-order valence-corrected chi connectivity index (χ1v) is 8.30. The molecule has 3 rings (SSSR count). The average molecular weight is 422 g/mol. The summed E-state index contributed by atoms with van der Waals surface area (Å²) >= 11 is 0. The first-order chi connectivity index (χ1) is 13.1. The molecule has 1 aliphatic rings. The Labute approximate surface area is 160 Å². The van der Waals surface area contributed by atoms with Gasteiger partial charge in [-0.1, -0.05) is 20.8 Å². The number of hydrazone groups is 1. The lowest BCUT2D eigenvalue weighted by molar-refractivity contribution is -0.254. The van der Waals surface area contributed by atoms with Crippen molar-refractivity contribution >= 4 is 11.7 Å². The third-order valence-electron chi connectivity index (χ3n) is 4.27. The van der Waals surface area contributed by atoms with Crippen LogP contribution in [0.5, 0.6) is 0 Å². The van der Waals surface area contributed by atoms with E-state index < -0.39 is 47.2 Å². The van der Waals surface area contributed by atoms with Gasteiger partial charge in [0.05, 0.1) is 6.26 Å². The predicted octanol–water partition coefficient (Wildman–Crippen LogP) is 4.62. The minimum atomic E-state index is -5.24. The SMILES string of the molecule is CC(C)(C)C1=NN(c2nc(-c3ccco3)cc(C(F)(F)F)n2)[C@@](O)(C(F)(F)F)C1. The van der Waals surface area contributed by atoms with Gasteiger partial charge >= 0.3 is 12.4 Å². The number of aliphatic hydroxyl groups is 1. The summed E-state index contributed by atoms with van der Waals surface area (Å²) in [6, 6.07) is 3.21. The minimum absolute atomic E-state index is 0.00470. The molecule has 0 saturated heterocycles. The van der Waals surface area contributed by atoms with Crippen molar-refractivity contribution in [2.75, 3.05) is 5.01 Å². The van der Waals surface area contributed by atoms with E-state index in [1.165, 1.54) is 18.4 Å². The molecule has 0 bridgehead atoms. The molecule has 1 aliphatic heterocycles. The number of furan rings is 1. The molecule has 29 heavy (non-hydrogen) atoms. The lowest BCUT2D eigenvalue weighted by atomic mass is 9.86. The molecule has 2 aromatic rings. The minimum Gasteiger partial charge on any atom is -0.463 e. The van der Waals surface area contributed by atoms with Gasteiger partial charge < -0.3 is 9.52 Å². The molecule has 1 N–H and O–H groups in total. The second-order valence-corrected chi connectivity index (χ2v) is 7.51. The number of anilines is 1.